The van der Waals surface area contributed by atoms with Crippen molar-refractivity contribution in [2.75, 3.05) is 24.5 Å². The predicted molar refractivity (Wildman–Crippen MR) is 86.3 cm³/mol. The standard InChI is InChI=1S/C18H28N2/c1-14-5-3-8-18(10-14)20-12-15(2)9-17(13-20)19-11-16-6-4-7-16/h3,5,8,10,15-17,19H,4,6-7,9,11-13H2,1-2H3. The van der Waals surface area contributed by atoms with Gasteiger partial charge in [-0.2, -0.15) is 0 Å². The van der Waals surface area contributed by atoms with E-state index in [1.165, 1.54) is 56.6 Å². The molecule has 1 aliphatic carbocycles. The van der Waals surface area contributed by atoms with Gasteiger partial charge in [-0.25, -0.2) is 0 Å². The summed E-state index contributed by atoms with van der Waals surface area (Å²) >= 11 is 0. The van der Waals surface area contributed by atoms with Crippen molar-refractivity contribution in [2.45, 2.75) is 45.6 Å². The molecule has 0 spiro atoms. The van der Waals surface area contributed by atoms with Crippen molar-refractivity contribution in [1.82, 2.24) is 5.32 Å². The first-order valence-corrected chi connectivity index (χ1v) is 8.25. The lowest BCUT2D eigenvalue weighted by atomic mass is 9.85. The molecule has 1 heterocycles. The number of nitrogens with one attached hydrogen (secondary N) is 1. The van der Waals surface area contributed by atoms with E-state index in [0.717, 1.165) is 11.8 Å². The average Bonchev–Trinajstić information content (AvgIpc) is 2.36. The molecule has 20 heavy (non-hydrogen) atoms. The molecule has 0 amide bonds. The first kappa shape index (κ1) is 13.9. The monoisotopic (exact) mass is 272 g/mol. The first-order chi connectivity index (χ1) is 9.70. The number of hydrogen-bond acceptors (Lipinski definition) is 2. The van der Waals surface area contributed by atoms with Crippen LogP contribution in [-0.4, -0.2) is 25.7 Å². The maximum Gasteiger partial charge on any atom is 0.0369 e. The summed E-state index contributed by atoms with van der Waals surface area (Å²) in [5, 5.41) is 3.83. The Bertz CT molecular complexity index is 439. The van der Waals surface area contributed by atoms with Gasteiger partial charge < -0.3 is 10.2 Å². The molecule has 1 saturated carbocycles. The van der Waals surface area contributed by atoms with Gasteiger partial charge in [-0.15, -0.1) is 0 Å². The second kappa shape index (κ2) is 6.17. The number of hydrogen-bond donors (Lipinski definition) is 1. The number of nitrogens with zero attached hydrogens (tertiary/aromatic N) is 1. The highest BCUT2D eigenvalue weighted by Crippen LogP contribution is 2.27. The molecule has 2 aliphatic rings. The van der Waals surface area contributed by atoms with E-state index >= 15 is 0 Å². The molecule has 1 aromatic carbocycles. The summed E-state index contributed by atoms with van der Waals surface area (Å²) in [6.45, 7) is 8.17. The Morgan fingerprint density at radius 3 is 2.80 bits per heavy atom. The number of aryl methyl sites for hydroxylation is 1. The van der Waals surface area contributed by atoms with Crippen LogP contribution in [0.15, 0.2) is 24.3 Å². The lowest BCUT2D eigenvalue weighted by Gasteiger charge is -2.39. The minimum Gasteiger partial charge on any atom is -0.370 e. The van der Waals surface area contributed by atoms with Crippen LogP contribution in [0, 0.1) is 18.8 Å². The lowest BCUT2D eigenvalue weighted by molar-refractivity contribution is 0.268. The SMILES string of the molecule is Cc1cccc(N2CC(C)CC(NCC3CCC3)C2)c1. The summed E-state index contributed by atoms with van der Waals surface area (Å²) in [6, 6.07) is 9.61. The molecule has 0 aromatic heterocycles. The van der Waals surface area contributed by atoms with E-state index < -0.39 is 0 Å². The van der Waals surface area contributed by atoms with Crippen LogP contribution in [0.25, 0.3) is 0 Å². The number of piperidine rings is 1. The molecule has 2 unspecified atom stereocenters. The van der Waals surface area contributed by atoms with E-state index in [0.29, 0.717) is 6.04 Å². The smallest absolute Gasteiger partial charge is 0.0369 e. The Kier molecular flexibility index (Phi) is 4.30. The summed E-state index contributed by atoms with van der Waals surface area (Å²) in [4.78, 5) is 2.57. The molecular weight excluding hydrogens is 244 g/mol. The predicted octanol–water partition coefficient (Wildman–Crippen LogP) is 3.60. The molecule has 1 saturated heterocycles. The van der Waals surface area contributed by atoms with Crippen LogP contribution in [-0.2, 0) is 0 Å². The molecule has 0 bridgehead atoms. The van der Waals surface area contributed by atoms with Crippen molar-refractivity contribution >= 4 is 5.69 Å². The zero-order valence-electron chi connectivity index (χ0n) is 12.9. The topological polar surface area (TPSA) is 15.3 Å². The maximum absolute atomic E-state index is 3.83. The molecule has 2 nitrogen and oxygen atoms in total. The highest BCUT2D eigenvalue weighted by Gasteiger charge is 2.26. The van der Waals surface area contributed by atoms with Gasteiger partial charge in [-0.1, -0.05) is 25.5 Å². The van der Waals surface area contributed by atoms with E-state index in [1.807, 2.05) is 0 Å². The molecular formula is C18H28N2. The Hall–Kier alpha value is -1.02. The first-order valence-electron chi connectivity index (χ1n) is 8.25. The molecule has 2 heteroatoms. The second-order valence-corrected chi connectivity index (χ2v) is 6.99. The third-order valence-corrected chi connectivity index (χ3v) is 4.95. The summed E-state index contributed by atoms with van der Waals surface area (Å²) in [5.74, 6) is 1.74. The summed E-state index contributed by atoms with van der Waals surface area (Å²) < 4.78 is 0. The Balaban J connectivity index is 1.60. The molecule has 1 N–H and O–H groups in total. The van der Waals surface area contributed by atoms with E-state index in [4.69, 9.17) is 0 Å². The highest BCUT2D eigenvalue weighted by atomic mass is 15.2. The van der Waals surface area contributed by atoms with Crippen molar-refractivity contribution < 1.29 is 0 Å². The van der Waals surface area contributed by atoms with Gasteiger partial charge in [-0.3, -0.25) is 0 Å². The van der Waals surface area contributed by atoms with Crippen LogP contribution >= 0.6 is 0 Å². The van der Waals surface area contributed by atoms with E-state index in [2.05, 4.69) is 48.3 Å². The fourth-order valence-electron chi connectivity index (χ4n) is 3.57. The lowest BCUT2D eigenvalue weighted by Crippen LogP contribution is -2.50. The molecule has 2 fully saturated rings. The zero-order chi connectivity index (χ0) is 13.9. The average molecular weight is 272 g/mol. The molecule has 110 valence electrons. The van der Waals surface area contributed by atoms with Crippen LogP contribution < -0.4 is 10.2 Å². The molecule has 1 aromatic rings. The van der Waals surface area contributed by atoms with Crippen LogP contribution in [0.3, 0.4) is 0 Å². The third-order valence-electron chi connectivity index (χ3n) is 4.95. The van der Waals surface area contributed by atoms with Crippen LogP contribution in [0.2, 0.25) is 0 Å². The normalized spacial score (nSPS) is 27.4. The Labute approximate surface area is 123 Å². The van der Waals surface area contributed by atoms with Crippen LogP contribution in [0.5, 0.6) is 0 Å². The summed E-state index contributed by atoms with van der Waals surface area (Å²) in [6.07, 6.45) is 5.66. The maximum atomic E-state index is 3.83. The van der Waals surface area contributed by atoms with Gasteiger partial charge in [0.25, 0.3) is 0 Å². The van der Waals surface area contributed by atoms with Gasteiger partial charge in [0.15, 0.2) is 0 Å². The van der Waals surface area contributed by atoms with Gasteiger partial charge in [-0.05, 0) is 62.3 Å². The van der Waals surface area contributed by atoms with Gasteiger partial charge in [0.2, 0.25) is 0 Å². The fraction of sp³-hybridized carbons (Fsp3) is 0.667. The molecule has 0 radical (unpaired) electrons. The minimum atomic E-state index is 0.667. The van der Waals surface area contributed by atoms with Crippen molar-refractivity contribution in [3.8, 4) is 0 Å². The largest absolute Gasteiger partial charge is 0.370 e. The molecule has 1 aliphatic heterocycles. The highest BCUT2D eigenvalue weighted by molar-refractivity contribution is 5.49. The van der Waals surface area contributed by atoms with Crippen molar-refractivity contribution in [3.63, 3.8) is 0 Å². The van der Waals surface area contributed by atoms with E-state index in [-0.39, 0.29) is 0 Å². The fourth-order valence-corrected chi connectivity index (χ4v) is 3.57. The van der Waals surface area contributed by atoms with Crippen LogP contribution in [0.4, 0.5) is 5.69 Å². The van der Waals surface area contributed by atoms with E-state index in [9.17, 15) is 0 Å². The zero-order valence-corrected chi connectivity index (χ0v) is 12.9. The third kappa shape index (κ3) is 3.35. The van der Waals surface area contributed by atoms with Crippen molar-refractivity contribution in [1.29, 1.82) is 0 Å². The van der Waals surface area contributed by atoms with Gasteiger partial charge in [0, 0.05) is 24.8 Å². The van der Waals surface area contributed by atoms with Crippen molar-refractivity contribution in [2.24, 2.45) is 11.8 Å². The molecule has 3 rings (SSSR count). The summed E-state index contributed by atoms with van der Waals surface area (Å²) in [7, 11) is 0. The number of benzene rings is 1. The van der Waals surface area contributed by atoms with Gasteiger partial charge in [0.05, 0.1) is 0 Å². The number of anilines is 1. The van der Waals surface area contributed by atoms with Gasteiger partial charge in [0.1, 0.15) is 0 Å². The second-order valence-electron chi connectivity index (χ2n) is 6.99. The van der Waals surface area contributed by atoms with Crippen molar-refractivity contribution in [3.05, 3.63) is 29.8 Å². The Morgan fingerprint density at radius 2 is 2.10 bits per heavy atom. The number of rotatable bonds is 4. The van der Waals surface area contributed by atoms with Gasteiger partial charge >= 0.3 is 0 Å². The van der Waals surface area contributed by atoms with Crippen LogP contribution in [0.1, 0.15) is 38.2 Å². The molecule has 2 atom stereocenters. The minimum absolute atomic E-state index is 0.667. The quantitative estimate of drug-likeness (QED) is 0.901. The summed E-state index contributed by atoms with van der Waals surface area (Å²) in [5.41, 5.74) is 2.76. The van der Waals surface area contributed by atoms with E-state index in [1.54, 1.807) is 0 Å². The Morgan fingerprint density at radius 1 is 1.25 bits per heavy atom.